The van der Waals surface area contributed by atoms with Crippen LogP contribution in [-0.4, -0.2) is 28.8 Å². The van der Waals surface area contributed by atoms with Gasteiger partial charge in [-0.3, -0.25) is 14.4 Å². The summed E-state index contributed by atoms with van der Waals surface area (Å²) in [4.78, 5) is 39.9. The van der Waals surface area contributed by atoms with Gasteiger partial charge >= 0.3 is 11.9 Å². The molecule has 5 nitrogen and oxygen atoms in total. The summed E-state index contributed by atoms with van der Waals surface area (Å²) in [7, 11) is 0. The largest absolute Gasteiger partial charge is 0.393 e. The Hall–Kier alpha value is -2.43. The first-order valence-corrected chi connectivity index (χ1v) is 10.5. The summed E-state index contributed by atoms with van der Waals surface area (Å²) in [5.74, 6) is -2.29. The number of cyclic esters (lactones) is 2. The molecule has 0 N–H and O–H groups in total. The number of carbonyl (C=O) groups is 3. The van der Waals surface area contributed by atoms with Crippen molar-refractivity contribution in [2.75, 3.05) is 0 Å². The fourth-order valence-electron chi connectivity index (χ4n) is 5.76. The van der Waals surface area contributed by atoms with Crippen LogP contribution in [0.5, 0.6) is 0 Å². The molecule has 5 rings (SSSR count). The minimum Gasteiger partial charge on any atom is -0.393 e. The van der Waals surface area contributed by atoms with Gasteiger partial charge in [0.2, 0.25) is 5.91 Å². The second-order valence-electron chi connectivity index (χ2n) is 8.53. The maximum atomic E-state index is 13.4. The van der Waals surface area contributed by atoms with E-state index >= 15 is 0 Å². The van der Waals surface area contributed by atoms with Crippen LogP contribution in [0.2, 0.25) is 0 Å². The van der Waals surface area contributed by atoms with Gasteiger partial charge in [0.05, 0.1) is 23.8 Å². The van der Waals surface area contributed by atoms with Crippen molar-refractivity contribution < 1.29 is 19.1 Å². The third-order valence-electron chi connectivity index (χ3n) is 7.08. The Morgan fingerprint density at radius 2 is 1.64 bits per heavy atom. The van der Waals surface area contributed by atoms with E-state index in [2.05, 4.69) is 17.0 Å². The number of benzene rings is 1. The molecule has 0 unspecified atom stereocenters. The second kappa shape index (κ2) is 6.87. The molecular formula is C23H25NO4. The fourth-order valence-corrected chi connectivity index (χ4v) is 5.76. The molecule has 2 heterocycles. The molecule has 2 aliphatic heterocycles. The predicted molar refractivity (Wildman–Crippen MR) is 102 cm³/mol. The Balaban J connectivity index is 1.50. The number of ether oxygens (including phenoxy) is 1. The molecule has 146 valence electrons. The zero-order chi connectivity index (χ0) is 19.3. The average Bonchev–Trinajstić information content (AvgIpc) is 3.02. The van der Waals surface area contributed by atoms with Gasteiger partial charge in [0.1, 0.15) is 0 Å². The third kappa shape index (κ3) is 2.63. The molecule has 5 atom stereocenters. The van der Waals surface area contributed by atoms with Crippen molar-refractivity contribution in [1.82, 2.24) is 4.90 Å². The van der Waals surface area contributed by atoms with Crippen LogP contribution < -0.4 is 0 Å². The lowest BCUT2D eigenvalue weighted by Gasteiger charge is -2.55. The predicted octanol–water partition coefficient (Wildman–Crippen LogP) is 3.41. The highest BCUT2D eigenvalue weighted by atomic mass is 16.6. The molecule has 2 aliphatic carbocycles. The molecular weight excluding hydrogens is 354 g/mol. The van der Waals surface area contributed by atoms with Crippen LogP contribution in [0, 0.1) is 23.7 Å². The second-order valence-corrected chi connectivity index (χ2v) is 8.53. The molecule has 1 aromatic carbocycles. The fraction of sp³-hybridized carbons (Fsp3) is 0.522. The number of carbonyl (C=O) groups excluding carboxylic acids is 3. The first kappa shape index (κ1) is 17.7. The summed E-state index contributed by atoms with van der Waals surface area (Å²) in [5.41, 5.74) is 1.12. The lowest BCUT2D eigenvalue weighted by Crippen LogP contribution is -2.62. The SMILES string of the molecule is O=C1OC(=O)[C@@H]2CC=C[C@H]([C@@H]3C(=O)N(C4CCCCC4)[C@@H]3c3ccccc3)[C@H]12. The van der Waals surface area contributed by atoms with Gasteiger partial charge in [-0.15, -0.1) is 0 Å². The number of hydrogen-bond donors (Lipinski definition) is 0. The zero-order valence-corrected chi connectivity index (χ0v) is 15.8. The van der Waals surface area contributed by atoms with Crippen LogP contribution in [-0.2, 0) is 19.1 Å². The number of rotatable bonds is 3. The lowest BCUT2D eigenvalue weighted by molar-refractivity contribution is -0.169. The Labute approximate surface area is 164 Å². The smallest absolute Gasteiger partial charge is 0.318 e. The van der Waals surface area contributed by atoms with E-state index in [1.165, 1.54) is 6.42 Å². The van der Waals surface area contributed by atoms with E-state index in [9.17, 15) is 14.4 Å². The van der Waals surface area contributed by atoms with Crippen LogP contribution in [0.15, 0.2) is 42.5 Å². The normalized spacial score (nSPS) is 35.5. The van der Waals surface area contributed by atoms with Gasteiger partial charge in [0.15, 0.2) is 0 Å². The minimum absolute atomic E-state index is 0.0336. The van der Waals surface area contributed by atoms with Crippen molar-refractivity contribution in [3.8, 4) is 0 Å². The van der Waals surface area contributed by atoms with Crippen LogP contribution in [0.4, 0.5) is 0 Å². The minimum atomic E-state index is -0.522. The van der Waals surface area contributed by atoms with Gasteiger partial charge in [-0.2, -0.15) is 0 Å². The molecule has 1 aromatic rings. The summed E-state index contributed by atoms with van der Waals surface area (Å²) < 4.78 is 4.93. The molecule has 0 bridgehead atoms. The van der Waals surface area contributed by atoms with Gasteiger partial charge in [-0.25, -0.2) is 0 Å². The number of nitrogens with zero attached hydrogens (tertiary/aromatic N) is 1. The van der Waals surface area contributed by atoms with E-state index in [-0.39, 0.29) is 29.8 Å². The molecule has 0 aromatic heterocycles. The summed E-state index contributed by atoms with van der Waals surface area (Å²) in [6.45, 7) is 0. The quantitative estimate of drug-likeness (QED) is 0.349. The van der Waals surface area contributed by atoms with E-state index in [1.807, 2.05) is 30.4 Å². The number of allylic oxidation sites excluding steroid dienone is 2. The van der Waals surface area contributed by atoms with Crippen LogP contribution in [0.3, 0.4) is 0 Å². The highest BCUT2D eigenvalue weighted by molar-refractivity contribution is 5.98. The van der Waals surface area contributed by atoms with E-state index in [0.717, 1.165) is 31.2 Å². The van der Waals surface area contributed by atoms with E-state index in [1.54, 1.807) is 0 Å². The molecule has 1 saturated carbocycles. The van der Waals surface area contributed by atoms with E-state index in [0.29, 0.717) is 6.42 Å². The first-order chi connectivity index (χ1) is 13.7. The highest BCUT2D eigenvalue weighted by Gasteiger charge is 2.60. The van der Waals surface area contributed by atoms with E-state index in [4.69, 9.17) is 4.74 Å². The Morgan fingerprint density at radius 3 is 2.39 bits per heavy atom. The van der Waals surface area contributed by atoms with Crippen LogP contribution in [0.25, 0.3) is 0 Å². The van der Waals surface area contributed by atoms with Gasteiger partial charge < -0.3 is 9.64 Å². The number of hydrogen-bond acceptors (Lipinski definition) is 4. The summed E-state index contributed by atoms with van der Waals surface area (Å²) in [6.07, 6.45) is 10.1. The van der Waals surface area contributed by atoms with Gasteiger partial charge in [0.25, 0.3) is 0 Å². The summed E-state index contributed by atoms with van der Waals surface area (Å²) >= 11 is 0. The maximum absolute atomic E-state index is 13.4. The van der Waals surface area contributed by atoms with Crippen LogP contribution in [0.1, 0.15) is 50.1 Å². The summed E-state index contributed by atoms with van der Waals surface area (Å²) in [6, 6.07) is 10.4. The topological polar surface area (TPSA) is 63.7 Å². The van der Waals surface area contributed by atoms with Crippen molar-refractivity contribution >= 4 is 17.8 Å². The molecule has 5 heteroatoms. The number of amides is 1. The summed E-state index contributed by atoms with van der Waals surface area (Å²) in [5, 5.41) is 0. The highest BCUT2D eigenvalue weighted by Crippen LogP contribution is 2.53. The molecule has 2 saturated heterocycles. The van der Waals surface area contributed by atoms with Crippen molar-refractivity contribution in [2.24, 2.45) is 23.7 Å². The molecule has 0 spiro atoms. The molecule has 0 radical (unpaired) electrons. The van der Waals surface area contributed by atoms with E-state index < -0.39 is 23.8 Å². The number of fused-ring (bicyclic) bond motifs is 1. The molecule has 1 amide bonds. The lowest BCUT2D eigenvalue weighted by atomic mass is 9.64. The standard InChI is InChI=1S/C23H25NO4/c25-21-19(16-12-7-13-17-18(16)23(27)28-22(17)26)20(14-8-3-1-4-9-14)24(21)15-10-5-2-6-11-15/h1,3-4,7-9,12,15-20H,2,5-6,10-11,13H2/t16-,17+,18-,19-,20+/m0/s1. The van der Waals surface area contributed by atoms with Crippen LogP contribution >= 0.6 is 0 Å². The van der Waals surface area contributed by atoms with Crippen molar-refractivity contribution in [3.63, 3.8) is 0 Å². The number of likely N-dealkylation sites (tertiary alicyclic amines) is 1. The van der Waals surface area contributed by atoms with Crippen molar-refractivity contribution in [3.05, 3.63) is 48.0 Å². The van der Waals surface area contributed by atoms with Gasteiger partial charge in [-0.1, -0.05) is 61.7 Å². The third-order valence-corrected chi connectivity index (χ3v) is 7.08. The molecule has 28 heavy (non-hydrogen) atoms. The zero-order valence-electron chi connectivity index (χ0n) is 15.8. The first-order valence-electron chi connectivity index (χ1n) is 10.5. The van der Waals surface area contributed by atoms with Crippen molar-refractivity contribution in [2.45, 2.75) is 50.6 Å². The Kier molecular flexibility index (Phi) is 4.33. The van der Waals surface area contributed by atoms with Crippen molar-refractivity contribution in [1.29, 1.82) is 0 Å². The Bertz CT molecular complexity index is 826. The number of β-lactam (4-membered cyclic amide) rings is 1. The number of esters is 2. The molecule has 4 aliphatic rings. The van der Waals surface area contributed by atoms with Gasteiger partial charge in [0, 0.05) is 12.0 Å². The van der Waals surface area contributed by atoms with Gasteiger partial charge in [-0.05, 0) is 24.8 Å². The average molecular weight is 379 g/mol. The Morgan fingerprint density at radius 1 is 0.893 bits per heavy atom. The molecule has 3 fully saturated rings. The maximum Gasteiger partial charge on any atom is 0.318 e. The monoisotopic (exact) mass is 379 g/mol.